The second-order valence-corrected chi connectivity index (χ2v) is 7.46. The Morgan fingerprint density at radius 2 is 1.97 bits per heavy atom. The molecule has 7 nitrogen and oxygen atoms in total. The van der Waals surface area contributed by atoms with Crippen molar-refractivity contribution >= 4 is 35.8 Å². The maximum Gasteiger partial charge on any atom is 0.191 e. The molecular weight excluding hydrogens is 505 g/mol. The average Bonchev–Trinajstić information content (AvgIpc) is 2.79. The van der Waals surface area contributed by atoms with E-state index in [-0.39, 0.29) is 24.0 Å². The molecule has 0 unspecified atom stereocenters. The van der Waals surface area contributed by atoms with Crippen LogP contribution in [-0.4, -0.2) is 57.4 Å². The van der Waals surface area contributed by atoms with Gasteiger partial charge in [0.05, 0.1) is 20.3 Å². The Hall–Kier alpha value is -2.07. The fourth-order valence-electron chi connectivity index (χ4n) is 3.53. The smallest absolute Gasteiger partial charge is 0.191 e. The molecule has 2 N–H and O–H groups in total. The second-order valence-electron chi connectivity index (χ2n) is 7.46. The third-order valence-corrected chi connectivity index (χ3v) is 5.27. The molecule has 0 radical (unpaired) electrons. The van der Waals surface area contributed by atoms with E-state index >= 15 is 0 Å². The first-order valence-electron chi connectivity index (χ1n) is 10.5. The summed E-state index contributed by atoms with van der Waals surface area (Å²) in [5.41, 5.74) is 2.24. The summed E-state index contributed by atoms with van der Waals surface area (Å²) in [6, 6.07) is 12.6. The van der Waals surface area contributed by atoms with E-state index in [4.69, 9.17) is 9.47 Å². The van der Waals surface area contributed by atoms with Crippen LogP contribution in [0, 0.1) is 6.92 Å². The molecule has 31 heavy (non-hydrogen) atoms. The quantitative estimate of drug-likeness (QED) is 0.232. The van der Waals surface area contributed by atoms with Crippen LogP contribution in [0.25, 0.3) is 0 Å². The van der Waals surface area contributed by atoms with E-state index in [2.05, 4.69) is 44.6 Å². The van der Waals surface area contributed by atoms with Crippen LogP contribution in [-0.2, 0) is 11.3 Å². The Kier molecular flexibility index (Phi) is 10.9. The van der Waals surface area contributed by atoms with Gasteiger partial charge in [0.25, 0.3) is 0 Å². The van der Waals surface area contributed by atoms with E-state index in [0.29, 0.717) is 25.8 Å². The molecule has 2 aromatic rings. The Bertz CT molecular complexity index is 808. The number of anilines is 1. The number of para-hydroxylation sites is 1. The van der Waals surface area contributed by atoms with Crippen LogP contribution in [0.2, 0.25) is 0 Å². The van der Waals surface area contributed by atoms with Crippen LogP contribution < -0.4 is 20.3 Å². The maximum atomic E-state index is 5.78. The summed E-state index contributed by atoms with van der Waals surface area (Å²) in [6.07, 6.45) is 4.04. The molecule has 0 spiro atoms. The summed E-state index contributed by atoms with van der Waals surface area (Å²) < 4.78 is 11.1. The zero-order chi connectivity index (χ0) is 21.2. The number of nitrogens with zero attached hydrogens (tertiary/aromatic N) is 3. The van der Waals surface area contributed by atoms with Crippen molar-refractivity contribution in [3.05, 3.63) is 53.7 Å². The predicted octanol–water partition coefficient (Wildman–Crippen LogP) is 3.37. The highest BCUT2D eigenvalue weighted by Crippen LogP contribution is 2.19. The van der Waals surface area contributed by atoms with E-state index in [0.717, 1.165) is 49.0 Å². The Labute approximate surface area is 202 Å². The molecule has 2 heterocycles. The van der Waals surface area contributed by atoms with Gasteiger partial charge in [-0.05, 0) is 37.5 Å². The standard InChI is InChI=1S/C23H33N5O2.HI/c1-18-8-9-22(26-16-18)28-13-10-20(11-14-28)27-23(24-2)25-12-15-30-17-19-6-4-5-7-21(19)29-3;/h4-9,16,20H,10-15,17H2,1-3H3,(H2,24,25,27);1H. The van der Waals surface area contributed by atoms with Crippen LogP contribution in [0.4, 0.5) is 5.82 Å². The first kappa shape index (κ1) is 25.2. The number of hydrogen-bond donors (Lipinski definition) is 2. The highest BCUT2D eigenvalue weighted by Gasteiger charge is 2.20. The Morgan fingerprint density at radius 3 is 2.65 bits per heavy atom. The largest absolute Gasteiger partial charge is 0.496 e. The van der Waals surface area contributed by atoms with Crippen LogP contribution >= 0.6 is 24.0 Å². The van der Waals surface area contributed by atoms with Gasteiger partial charge in [-0.25, -0.2) is 4.98 Å². The van der Waals surface area contributed by atoms with Gasteiger partial charge >= 0.3 is 0 Å². The van der Waals surface area contributed by atoms with E-state index in [1.807, 2.05) is 30.5 Å². The number of hydrogen-bond acceptors (Lipinski definition) is 5. The van der Waals surface area contributed by atoms with E-state index in [1.165, 1.54) is 5.56 Å². The van der Waals surface area contributed by atoms with Crippen molar-refractivity contribution in [2.45, 2.75) is 32.4 Å². The van der Waals surface area contributed by atoms with Crippen molar-refractivity contribution in [2.24, 2.45) is 4.99 Å². The molecule has 0 bridgehead atoms. The molecule has 1 fully saturated rings. The number of guanidine groups is 1. The molecular formula is C23H34IN5O2. The number of aryl methyl sites for hydroxylation is 1. The molecule has 170 valence electrons. The molecule has 8 heteroatoms. The number of nitrogens with one attached hydrogen (secondary N) is 2. The van der Waals surface area contributed by atoms with Gasteiger partial charge in [-0.1, -0.05) is 24.3 Å². The third-order valence-electron chi connectivity index (χ3n) is 5.27. The van der Waals surface area contributed by atoms with Gasteiger partial charge in [0, 0.05) is 44.5 Å². The lowest BCUT2D eigenvalue weighted by Crippen LogP contribution is -2.49. The molecule has 1 saturated heterocycles. The minimum Gasteiger partial charge on any atom is -0.496 e. The summed E-state index contributed by atoms with van der Waals surface area (Å²) in [5, 5.41) is 6.87. The monoisotopic (exact) mass is 539 g/mol. The molecule has 1 aromatic carbocycles. The van der Waals surface area contributed by atoms with E-state index in [1.54, 1.807) is 14.2 Å². The number of methoxy groups -OCH3 is 1. The predicted molar refractivity (Wildman–Crippen MR) is 137 cm³/mol. The number of piperidine rings is 1. The van der Waals surface area contributed by atoms with Gasteiger partial charge in [-0.15, -0.1) is 24.0 Å². The Morgan fingerprint density at radius 1 is 1.19 bits per heavy atom. The zero-order valence-electron chi connectivity index (χ0n) is 18.6. The van der Waals surface area contributed by atoms with Gasteiger partial charge in [0.1, 0.15) is 11.6 Å². The van der Waals surface area contributed by atoms with Gasteiger partial charge < -0.3 is 25.0 Å². The van der Waals surface area contributed by atoms with Gasteiger partial charge in [-0.2, -0.15) is 0 Å². The van der Waals surface area contributed by atoms with Crippen LogP contribution in [0.3, 0.4) is 0 Å². The van der Waals surface area contributed by atoms with Crippen LogP contribution in [0.1, 0.15) is 24.0 Å². The molecule has 0 atom stereocenters. The molecule has 1 aromatic heterocycles. The van der Waals surface area contributed by atoms with Crippen molar-refractivity contribution in [2.75, 3.05) is 45.3 Å². The molecule has 1 aliphatic heterocycles. The second kappa shape index (κ2) is 13.4. The zero-order valence-corrected chi connectivity index (χ0v) is 21.0. The molecule has 0 amide bonds. The van der Waals surface area contributed by atoms with Crippen molar-refractivity contribution in [1.82, 2.24) is 15.6 Å². The van der Waals surface area contributed by atoms with Gasteiger partial charge in [0.2, 0.25) is 0 Å². The lowest BCUT2D eigenvalue weighted by Gasteiger charge is -2.33. The van der Waals surface area contributed by atoms with Crippen molar-refractivity contribution in [3.63, 3.8) is 0 Å². The van der Waals surface area contributed by atoms with Crippen molar-refractivity contribution in [3.8, 4) is 5.75 Å². The number of aromatic nitrogens is 1. The topological polar surface area (TPSA) is 71.0 Å². The van der Waals surface area contributed by atoms with Crippen LogP contribution in [0.5, 0.6) is 5.75 Å². The normalized spacial score (nSPS) is 14.7. The minimum absolute atomic E-state index is 0. The van der Waals surface area contributed by atoms with Gasteiger partial charge in [0.15, 0.2) is 5.96 Å². The number of rotatable bonds is 8. The highest BCUT2D eigenvalue weighted by molar-refractivity contribution is 14.0. The van der Waals surface area contributed by atoms with Crippen molar-refractivity contribution < 1.29 is 9.47 Å². The summed E-state index contributed by atoms with van der Waals surface area (Å²) >= 11 is 0. The average molecular weight is 539 g/mol. The van der Waals surface area contributed by atoms with Crippen molar-refractivity contribution in [1.29, 1.82) is 0 Å². The lowest BCUT2D eigenvalue weighted by molar-refractivity contribution is 0.123. The van der Waals surface area contributed by atoms with Gasteiger partial charge in [-0.3, -0.25) is 4.99 Å². The summed E-state index contributed by atoms with van der Waals surface area (Å²) in [6.45, 7) is 5.87. The first-order valence-corrected chi connectivity index (χ1v) is 10.5. The summed E-state index contributed by atoms with van der Waals surface area (Å²) in [7, 11) is 3.48. The maximum absolute atomic E-state index is 5.78. The summed E-state index contributed by atoms with van der Waals surface area (Å²) in [5.74, 6) is 2.74. The summed E-state index contributed by atoms with van der Waals surface area (Å²) in [4.78, 5) is 11.2. The number of halogens is 1. The lowest BCUT2D eigenvalue weighted by atomic mass is 10.1. The SMILES string of the molecule is CN=C(NCCOCc1ccccc1OC)NC1CCN(c2ccc(C)cn2)CC1.I. The molecule has 1 aliphatic rings. The van der Waals surface area contributed by atoms with E-state index < -0.39 is 0 Å². The molecule has 3 rings (SSSR count). The highest BCUT2D eigenvalue weighted by atomic mass is 127. The first-order chi connectivity index (χ1) is 14.7. The number of ether oxygens (including phenoxy) is 2. The fraction of sp³-hybridized carbons (Fsp3) is 0.478. The molecule has 0 saturated carbocycles. The number of benzene rings is 1. The molecule has 0 aliphatic carbocycles. The van der Waals surface area contributed by atoms with E-state index in [9.17, 15) is 0 Å². The number of aliphatic imine (C=N–C) groups is 1. The fourth-order valence-corrected chi connectivity index (χ4v) is 3.53. The number of pyridine rings is 1. The minimum atomic E-state index is 0. The Balaban J connectivity index is 0.00000341. The third kappa shape index (κ3) is 7.84. The van der Waals surface area contributed by atoms with Crippen LogP contribution in [0.15, 0.2) is 47.6 Å².